The minimum absolute atomic E-state index is 0.108. The lowest BCUT2D eigenvalue weighted by Gasteiger charge is -2.31. The maximum atomic E-state index is 12.5. The van der Waals surface area contributed by atoms with E-state index in [4.69, 9.17) is 0 Å². The van der Waals surface area contributed by atoms with Crippen LogP contribution in [-0.4, -0.2) is 45.2 Å². The Morgan fingerprint density at radius 1 is 1.37 bits per heavy atom. The van der Waals surface area contributed by atoms with Crippen LogP contribution in [0.2, 0.25) is 0 Å². The summed E-state index contributed by atoms with van der Waals surface area (Å²) >= 11 is 0. The standard InChI is InChI=1S/C12H17N5O2/c1-16-7-9(6-14-16)8-17-10(18)12(15-11(17)19)2-4-13-5-3-12/h6-7,13H,2-5,8H2,1H3,(H,15,19). The van der Waals surface area contributed by atoms with E-state index in [2.05, 4.69) is 15.7 Å². The van der Waals surface area contributed by atoms with Crippen LogP contribution in [0.1, 0.15) is 18.4 Å². The van der Waals surface area contributed by atoms with E-state index >= 15 is 0 Å². The van der Waals surface area contributed by atoms with Crippen LogP contribution in [0, 0.1) is 0 Å². The molecule has 3 heterocycles. The van der Waals surface area contributed by atoms with Gasteiger partial charge in [-0.25, -0.2) is 4.79 Å². The third kappa shape index (κ3) is 1.99. The van der Waals surface area contributed by atoms with Crippen molar-refractivity contribution < 1.29 is 9.59 Å². The Balaban J connectivity index is 1.79. The Morgan fingerprint density at radius 2 is 2.11 bits per heavy atom. The van der Waals surface area contributed by atoms with Gasteiger partial charge in [-0.15, -0.1) is 0 Å². The molecule has 102 valence electrons. The normalized spacial score (nSPS) is 22.1. The van der Waals surface area contributed by atoms with Gasteiger partial charge in [-0.1, -0.05) is 0 Å². The van der Waals surface area contributed by atoms with Crippen LogP contribution in [0.25, 0.3) is 0 Å². The Bertz CT molecular complexity index is 518. The van der Waals surface area contributed by atoms with E-state index in [0.29, 0.717) is 12.8 Å². The molecule has 2 N–H and O–H groups in total. The monoisotopic (exact) mass is 263 g/mol. The summed E-state index contributed by atoms with van der Waals surface area (Å²) in [5.41, 5.74) is 0.168. The SMILES string of the molecule is Cn1cc(CN2C(=O)NC3(CCNCC3)C2=O)cn1. The van der Waals surface area contributed by atoms with E-state index in [1.807, 2.05) is 13.2 Å². The van der Waals surface area contributed by atoms with Gasteiger partial charge >= 0.3 is 6.03 Å². The zero-order chi connectivity index (χ0) is 13.5. The Kier molecular flexibility index (Phi) is 2.78. The minimum Gasteiger partial charge on any atom is -0.323 e. The topological polar surface area (TPSA) is 79.3 Å². The van der Waals surface area contributed by atoms with Gasteiger partial charge < -0.3 is 10.6 Å². The van der Waals surface area contributed by atoms with Gasteiger partial charge in [0.2, 0.25) is 0 Å². The van der Waals surface area contributed by atoms with Crippen LogP contribution in [0.4, 0.5) is 4.79 Å². The number of aromatic nitrogens is 2. The second-order valence-electron chi connectivity index (χ2n) is 5.18. The van der Waals surface area contributed by atoms with Crippen LogP contribution in [0.3, 0.4) is 0 Å². The minimum atomic E-state index is -0.690. The van der Waals surface area contributed by atoms with Crippen molar-refractivity contribution in [3.63, 3.8) is 0 Å². The lowest BCUT2D eigenvalue weighted by atomic mass is 9.88. The first-order valence-electron chi connectivity index (χ1n) is 6.43. The predicted octanol–water partition coefficient (Wildman–Crippen LogP) is -0.406. The third-order valence-corrected chi connectivity index (χ3v) is 3.80. The highest BCUT2D eigenvalue weighted by atomic mass is 16.2. The lowest BCUT2D eigenvalue weighted by molar-refractivity contribution is -0.132. The molecule has 0 bridgehead atoms. The molecule has 2 aliphatic heterocycles. The molecule has 3 amide bonds. The molecular weight excluding hydrogens is 246 g/mol. The largest absolute Gasteiger partial charge is 0.325 e. The molecule has 0 aliphatic carbocycles. The van der Waals surface area contributed by atoms with Crippen LogP contribution in [0.5, 0.6) is 0 Å². The molecule has 7 heteroatoms. The summed E-state index contributed by atoms with van der Waals surface area (Å²) in [6.45, 7) is 1.80. The van der Waals surface area contributed by atoms with Gasteiger partial charge in [-0.2, -0.15) is 5.10 Å². The van der Waals surface area contributed by atoms with Crippen molar-refractivity contribution >= 4 is 11.9 Å². The second kappa shape index (κ2) is 4.34. The summed E-state index contributed by atoms with van der Waals surface area (Å²) in [6, 6.07) is -0.296. The first kappa shape index (κ1) is 12.2. The van der Waals surface area contributed by atoms with Gasteiger partial charge in [-0.3, -0.25) is 14.4 Å². The highest BCUT2D eigenvalue weighted by Gasteiger charge is 2.51. The summed E-state index contributed by atoms with van der Waals surface area (Å²) in [4.78, 5) is 25.8. The molecule has 0 radical (unpaired) electrons. The average Bonchev–Trinajstić information content (AvgIpc) is 2.89. The molecular formula is C12H17N5O2. The van der Waals surface area contributed by atoms with E-state index < -0.39 is 5.54 Å². The molecule has 2 saturated heterocycles. The van der Waals surface area contributed by atoms with Gasteiger partial charge in [0.25, 0.3) is 5.91 Å². The maximum Gasteiger partial charge on any atom is 0.325 e. The van der Waals surface area contributed by atoms with Crippen molar-refractivity contribution in [2.24, 2.45) is 7.05 Å². The Morgan fingerprint density at radius 3 is 2.74 bits per heavy atom. The first-order valence-corrected chi connectivity index (χ1v) is 6.43. The lowest BCUT2D eigenvalue weighted by Crippen LogP contribution is -2.53. The number of amides is 3. The third-order valence-electron chi connectivity index (χ3n) is 3.80. The van der Waals surface area contributed by atoms with E-state index in [-0.39, 0.29) is 18.5 Å². The number of urea groups is 1. The van der Waals surface area contributed by atoms with Gasteiger partial charge in [0, 0.05) is 18.8 Å². The van der Waals surface area contributed by atoms with Crippen molar-refractivity contribution in [1.82, 2.24) is 25.3 Å². The molecule has 1 aromatic heterocycles. The van der Waals surface area contributed by atoms with Gasteiger partial charge in [-0.05, 0) is 25.9 Å². The zero-order valence-electron chi connectivity index (χ0n) is 10.8. The average molecular weight is 263 g/mol. The fourth-order valence-corrected chi connectivity index (χ4v) is 2.75. The molecule has 2 aliphatic rings. The van der Waals surface area contributed by atoms with E-state index in [9.17, 15) is 9.59 Å². The molecule has 3 rings (SSSR count). The molecule has 7 nitrogen and oxygen atoms in total. The highest BCUT2D eigenvalue weighted by molar-refractivity contribution is 6.07. The number of hydrogen-bond acceptors (Lipinski definition) is 4. The van der Waals surface area contributed by atoms with Crippen molar-refractivity contribution in [1.29, 1.82) is 0 Å². The van der Waals surface area contributed by atoms with E-state index in [1.54, 1.807) is 10.9 Å². The van der Waals surface area contributed by atoms with Crippen molar-refractivity contribution in [3.8, 4) is 0 Å². The number of rotatable bonds is 2. The van der Waals surface area contributed by atoms with E-state index in [0.717, 1.165) is 18.7 Å². The fourth-order valence-electron chi connectivity index (χ4n) is 2.75. The summed E-state index contributed by atoms with van der Waals surface area (Å²) in [6.07, 6.45) is 4.80. The van der Waals surface area contributed by atoms with Crippen LogP contribution < -0.4 is 10.6 Å². The van der Waals surface area contributed by atoms with Crippen molar-refractivity contribution in [2.75, 3.05) is 13.1 Å². The number of carbonyl (C=O) groups excluding carboxylic acids is 2. The zero-order valence-corrected chi connectivity index (χ0v) is 10.8. The molecule has 0 unspecified atom stereocenters. The molecule has 0 aromatic carbocycles. The molecule has 0 atom stereocenters. The molecule has 2 fully saturated rings. The van der Waals surface area contributed by atoms with Gasteiger partial charge in [0.15, 0.2) is 0 Å². The van der Waals surface area contributed by atoms with Crippen LogP contribution in [-0.2, 0) is 18.4 Å². The summed E-state index contributed by atoms with van der Waals surface area (Å²) < 4.78 is 1.66. The number of carbonyl (C=O) groups is 2. The quantitative estimate of drug-likeness (QED) is 0.711. The van der Waals surface area contributed by atoms with Gasteiger partial charge in [0.1, 0.15) is 5.54 Å². The number of imide groups is 1. The summed E-state index contributed by atoms with van der Waals surface area (Å²) in [5, 5.41) is 10.1. The smallest absolute Gasteiger partial charge is 0.323 e. The number of nitrogens with one attached hydrogen (secondary N) is 2. The number of hydrogen-bond donors (Lipinski definition) is 2. The molecule has 0 saturated carbocycles. The second-order valence-corrected chi connectivity index (χ2v) is 5.18. The highest BCUT2D eigenvalue weighted by Crippen LogP contribution is 2.27. The van der Waals surface area contributed by atoms with E-state index in [1.165, 1.54) is 4.90 Å². The van der Waals surface area contributed by atoms with Crippen molar-refractivity contribution in [3.05, 3.63) is 18.0 Å². The molecule has 1 spiro atoms. The number of nitrogens with zero attached hydrogens (tertiary/aromatic N) is 3. The first-order chi connectivity index (χ1) is 9.11. The van der Waals surface area contributed by atoms with Crippen molar-refractivity contribution in [2.45, 2.75) is 24.9 Å². The Hall–Kier alpha value is -1.89. The van der Waals surface area contributed by atoms with Crippen LogP contribution >= 0.6 is 0 Å². The van der Waals surface area contributed by atoms with Gasteiger partial charge in [0.05, 0.1) is 12.7 Å². The van der Waals surface area contributed by atoms with Crippen LogP contribution in [0.15, 0.2) is 12.4 Å². The Labute approximate surface area is 110 Å². The number of piperidine rings is 1. The maximum absolute atomic E-state index is 12.5. The summed E-state index contributed by atoms with van der Waals surface area (Å²) in [5.74, 6) is -0.108. The number of aryl methyl sites for hydroxylation is 1. The molecule has 19 heavy (non-hydrogen) atoms. The predicted molar refractivity (Wildman–Crippen MR) is 67.1 cm³/mol. The fraction of sp³-hybridized carbons (Fsp3) is 0.583. The summed E-state index contributed by atoms with van der Waals surface area (Å²) in [7, 11) is 1.81. The molecule has 1 aromatic rings.